The molecule has 134 valence electrons. The van der Waals surface area contributed by atoms with Crippen molar-refractivity contribution < 1.29 is 9.53 Å². The molecule has 0 unspecified atom stereocenters. The van der Waals surface area contributed by atoms with Crippen LogP contribution in [0, 0.1) is 0 Å². The van der Waals surface area contributed by atoms with Crippen LogP contribution in [0.2, 0.25) is 10.0 Å². The topological polar surface area (TPSA) is 56.1 Å². The summed E-state index contributed by atoms with van der Waals surface area (Å²) in [6, 6.07) is 12.9. The van der Waals surface area contributed by atoms with Gasteiger partial charge in [-0.25, -0.2) is 9.48 Å². The van der Waals surface area contributed by atoms with Crippen LogP contribution in [-0.2, 0) is 6.42 Å². The second-order valence-electron chi connectivity index (χ2n) is 5.36. The summed E-state index contributed by atoms with van der Waals surface area (Å²) in [5.74, 6) is 0.348. The van der Waals surface area contributed by atoms with Gasteiger partial charge in [0.25, 0.3) is 0 Å². The van der Waals surface area contributed by atoms with E-state index >= 15 is 0 Å². The van der Waals surface area contributed by atoms with Gasteiger partial charge >= 0.3 is 6.09 Å². The van der Waals surface area contributed by atoms with Crippen LogP contribution in [0.5, 0.6) is 5.75 Å². The number of carbonyl (C=O) groups is 1. The smallest absolute Gasteiger partial charge is 0.407 e. The van der Waals surface area contributed by atoms with Gasteiger partial charge in [0.05, 0.1) is 18.1 Å². The lowest BCUT2D eigenvalue weighted by atomic mass is 10.1. The molecule has 0 aliphatic heterocycles. The van der Waals surface area contributed by atoms with Crippen LogP contribution in [0.1, 0.15) is 5.56 Å². The highest BCUT2D eigenvalue weighted by Gasteiger charge is 2.09. The lowest BCUT2D eigenvalue weighted by molar-refractivity contribution is 0.200. The summed E-state index contributed by atoms with van der Waals surface area (Å²) in [6.45, 7) is 0.350. The molecule has 0 aliphatic carbocycles. The zero-order chi connectivity index (χ0) is 18.5. The molecule has 0 atom stereocenters. The summed E-state index contributed by atoms with van der Waals surface area (Å²) in [5.41, 5.74) is 1.65. The van der Waals surface area contributed by atoms with Crippen molar-refractivity contribution in [3.05, 3.63) is 74.9 Å². The van der Waals surface area contributed by atoms with E-state index in [4.69, 9.17) is 27.9 Å². The van der Waals surface area contributed by atoms with Crippen molar-refractivity contribution in [1.82, 2.24) is 15.1 Å². The Labute approximate surface area is 169 Å². The Bertz CT molecular complexity index is 893. The Kier molecular flexibility index (Phi) is 6.19. The second kappa shape index (κ2) is 8.58. The molecule has 5 nitrogen and oxygen atoms in total. The predicted octanol–water partition coefficient (Wildman–Crippen LogP) is 5.27. The van der Waals surface area contributed by atoms with E-state index in [1.807, 2.05) is 24.3 Å². The highest BCUT2D eigenvalue weighted by Crippen LogP contribution is 2.24. The summed E-state index contributed by atoms with van der Waals surface area (Å²) in [6.07, 6.45) is 3.05. The Morgan fingerprint density at radius 3 is 2.54 bits per heavy atom. The van der Waals surface area contributed by atoms with Crippen molar-refractivity contribution in [2.45, 2.75) is 6.42 Å². The number of hydrogen-bond acceptors (Lipinski definition) is 3. The number of amides is 1. The van der Waals surface area contributed by atoms with E-state index < -0.39 is 6.09 Å². The maximum Gasteiger partial charge on any atom is 0.412 e. The van der Waals surface area contributed by atoms with Gasteiger partial charge in [-0.2, -0.15) is 5.10 Å². The molecule has 8 heteroatoms. The van der Waals surface area contributed by atoms with Crippen LogP contribution < -0.4 is 10.1 Å². The minimum absolute atomic E-state index is 0.348. The van der Waals surface area contributed by atoms with Gasteiger partial charge in [0.2, 0.25) is 0 Å². The summed E-state index contributed by atoms with van der Waals surface area (Å²) >= 11 is 15.6. The van der Waals surface area contributed by atoms with Crippen molar-refractivity contribution in [3.8, 4) is 11.4 Å². The number of halogens is 3. The van der Waals surface area contributed by atoms with Gasteiger partial charge in [0, 0.05) is 21.1 Å². The van der Waals surface area contributed by atoms with Gasteiger partial charge < -0.3 is 10.1 Å². The fourth-order valence-corrected chi connectivity index (χ4v) is 3.15. The third kappa shape index (κ3) is 4.78. The largest absolute Gasteiger partial charge is 0.412 e. The molecule has 0 bridgehead atoms. The SMILES string of the molecule is O=C(NCCc1c(Cl)cccc1Cl)Oc1cnn(-c2ccc(Br)cc2)c1. The van der Waals surface area contributed by atoms with E-state index in [1.165, 1.54) is 6.20 Å². The number of rotatable bonds is 5. The van der Waals surface area contributed by atoms with Gasteiger partial charge in [-0.15, -0.1) is 0 Å². The molecule has 26 heavy (non-hydrogen) atoms. The van der Waals surface area contributed by atoms with Gasteiger partial charge in [0.1, 0.15) is 0 Å². The third-order valence-corrected chi connectivity index (χ3v) is 4.80. The first-order valence-electron chi connectivity index (χ1n) is 7.72. The van der Waals surface area contributed by atoms with E-state index in [9.17, 15) is 4.79 Å². The van der Waals surface area contributed by atoms with E-state index in [0.29, 0.717) is 28.8 Å². The lowest BCUT2D eigenvalue weighted by Gasteiger charge is -2.08. The summed E-state index contributed by atoms with van der Waals surface area (Å²) in [7, 11) is 0. The fourth-order valence-electron chi connectivity index (χ4n) is 2.30. The molecule has 2 aromatic carbocycles. The van der Waals surface area contributed by atoms with E-state index in [1.54, 1.807) is 29.1 Å². The molecule has 0 saturated carbocycles. The Morgan fingerprint density at radius 2 is 1.85 bits per heavy atom. The van der Waals surface area contributed by atoms with Gasteiger partial charge in [-0.1, -0.05) is 45.2 Å². The lowest BCUT2D eigenvalue weighted by Crippen LogP contribution is -2.28. The maximum atomic E-state index is 11.9. The molecule has 3 aromatic rings. The summed E-state index contributed by atoms with van der Waals surface area (Å²) in [5, 5.41) is 8.00. The molecular weight excluding hydrogens is 441 g/mol. The van der Waals surface area contributed by atoms with Gasteiger partial charge in [-0.05, 0) is 48.4 Å². The Hall–Kier alpha value is -2.02. The predicted molar refractivity (Wildman–Crippen MR) is 105 cm³/mol. The number of nitrogens with one attached hydrogen (secondary N) is 1. The summed E-state index contributed by atoms with van der Waals surface area (Å²) in [4.78, 5) is 11.9. The molecule has 0 fully saturated rings. The zero-order valence-corrected chi connectivity index (χ0v) is 16.6. The fraction of sp³-hybridized carbons (Fsp3) is 0.111. The molecule has 1 amide bonds. The number of nitrogens with zero attached hydrogens (tertiary/aromatic N) is 2. The van der Waals surface area contributed by atoms with Gasteiger partial charge in [-0.3, -0.25) is 0 Å². The van der Waals surface area contributed by atoms with Crippen LogP contribution in [0.3, 0.4) is 0 Å². The normalized spacial score (nSPS) is 10.6. The molecule has 1 N–H and O–H groups in total. The van der Waals surface area contributed by atoms with Crippen molar-refractivity contribution >= 4 is 45.2 Å². The van der Waals surface area contributed by atoms with Crippen molar-refractivity contribution in [2.75, 3.05) is 6.54 Å². The van der Waals surface area contributed by atoms with Crippen LogP contribution in [-0.4, -0.2) is 22.4 Å². The van der Waals surface area contributed by atoms with Crippen molar-refractivity contribution in [1.29, 1.82) is 0 Å². The molecule has 1 aromatic heterocycles. The van der Waals surface area contributed by atoms with Crippen molar-refractivity contribution in [3.63, 3.8) is 0 Å². The van der Waals surface area contributed by atoms with E-state index in [-0.39, 0.29) is 0 Å². The minimum atomic E-state index is -0.566. The Balaban J connectivity index is 1.53. The summed E-state index contributed by atoms with van der Waals surface area (Å²) < 4.78 is 7.83. The highest BCUT2D eigenvalue weighted by atomic mass is 79.9. The van der Waals surface area contributed by atoms with Crippen LogP contribution in [0.4, 0.5) is 4.79 Å². The number of hydrogen-bond donors (Lipinski definition) is 1. The first-order valence-corrected chi connectivity index (χ1v) is 9.27. The van der Waals surface area contributed by atoms with E-state index in [2.05, 4.69) is 26.3 Å². The minimum Gasteiger partial charge on any atom is -0.407 e. The number of benzene rings is 2. The van der Waals surface area contributed by atoms with Crippen molar-refractivity contribution in [2.24, 2.45) is 0 Å². The van der Waals surface area contributed by atoms with Crippen LogP contribution in [0.25, 0.3) is 5.69 Å². The second-order valence-corrected chi connectivity index (χ2v) is 7.09. The maximum absolute atomic E-state index is 11.9. The molecule has 0 saturated heterocycles. The first kappa shape index (κ1) is 18.8. The van der Waals surface area contributed by atoms with Crippen LogP contribution >= 0.6 is 39.1 Å². The molecule has 1 heterocycles. The molecule has 0 aliphatic rings. The highest BCUT2D eigenvalue weighted by molar-refractivity contribution is 9.10. The standard InChI is InChI=1S/C18H14BrCl2N3O2/c19-12-4-6-13(7-5-12)24-11-14(10-23-24)26-18(25)22-9-8-15-16(20)2-1-3-17(15)21/h1-7,10-11H,8-9H2,(H,22,25). The molecule has 3 rings (SSSR count). The van der Waals surface area contributed by atoms with E-state index in [0.717, 1.165) is 15.7 Å². The quantitative estimate of drug-likeness (QED) is 0.571. The van der Waals surface area contributed by atoms with Gasteiger partial charge in [0.15, 0.2) is 5.75 Å². The third-order valence-electron chi connectivity index (χ3n) is 3.57. The number of aromatic nitrogens is 2. The molecule has 0 radical (unpaired) electrons. The number of ether oxygens (including phenoxy) is 1. The van der Waals surface area contributed by atoms with Crippen LogP contribution in [0.15, 0.2) is 59.3 Å². The average Bonchev–Trinajstić information content (AvgIpc) is 3.06. The molecule has 0 spiro atoms. The monoisotopic (exact) mass is 453 g/mol. The number of carbonyl (C=O) groups excluding carboxylic acids is 1. The molecular formula is C18H14BrCl2N3O2. The zero-order valence-electron chi connectivity index (χ0n) is 13.5. The average molecular weight is 455 g/mol. The Morgan fingerprint density at radius 1 is 1.15 bits per heavy atom. The first-order chi connectivity index (χ1) is 12.5.